The monoisotopic (exact) mass is 332 g/mol. The summed E-state index contributed by atoms with van der Waals surface area (Å²) in [6.45, 7) is 2.99. The van der Waals surface area contributed by atoms with Gasteiger partial charge in [-0.2, -0.15) is 0 Å². The number of benzene rings is 2. The van der Waals surface area contributed by atoms with Crippen LogP contribution in [0.5, 0.6) is 0 Å². The lowest BCUT2D eigenvalue weighted by atomic mass is 10.0. The van der Waals surface area contributed by atoms with Crippen LogP contribution >= 0.6 is 15.9 Å². The first-order valence-electron chi connectivity index (χ1n) is 6.92. The summed E-state index contributed by atoms with van der Waals surface area (Å²) in [6.07, 6.45) is 0.946. The molecule has 3 heteroatoms. The second-order valence-electron chi connectivity index (χ2n) is 5.06. The first kappa shape index (κ1) is 15.1. The molecule has 0 aliphatic heterocycles. The Morgan fingerprint density at radius 3 is 2.60 bits per heavy atom. The van der Waals surface area contributed by atoms with Crippen LogP contribution in [0.15, 0.2) is 53.0 Å². The van der Waals surface area contributed by atoms with Crippen LogP contribution in [0.2, 0.25) is 0 Å². The summed E-state index contributed by atoms with van der Waals surface area (Å²) >= 11 is 3.52. The van der Waals surface area contributed by atoms with Gasteiger partial charge >= 0.3 is 0 Å². The SMILES string of the molecule is CC[C@@H](N)c1ccccc1N(C)Cc1cccc(Br)c1. The molecular weight excluding hydrogens is 312 g/mol. The van der Waals surface area contributed by atoms with Crippen molar-refractivity contribution in [1.29, 1.82) is 0 Å². The standard InChI is InChI=1S/C17H21BrN2/c1-3-16(19)15-9-4-5-10-17(15)20(2)12-13-7-6-8-14(18)11-13/h4-11,16H,3,12,19H2,1-2H3/t16-/m1/s1. The summed E-state index contributed by atoms with van der Waals surface area (Å²) in [4.78, 5) is 2.26. The molecule has 20 heavy (non-hydrogen) atoms. The summed E-state index contributed by atoms with van der Waals surface area (Å²) in [5, 5.41) is 0. The second-order valence-corrected chi connectivity index (χ2v) is 5.98. The van der Waals surface area contributed by atoms with Crippen molar-refractivity contribution >= 4 is 21.6 Å². The van der Waals surface area contributed by atoms with Crippen LogP contribution in [0, 0.1) is 0 Å². The molecular formula is C17H21BrN2. The molecule has 0 aliphatic carbocycles. The van der Waals surface area contributed by atoms with E-state index in [2.05, 4.69) is 77.3 Å². The van der Waals surface area contributed by atoms with Gasteiger partial charge in [0.15, 0.2) is 0 Å². The number of para-hydroxylation sites is 1. The third-order valence-electron chi connectivity index (χ3n) is 3.50. The molecule has 106 valence electrons. The fourth-order valence-corrected chi connectivity index (χ4v) is 2.81. The van der Waals surface area contributed by atoms with Crippen molar-refractivity contribution in [3.8, 4) is 0 Å². The average molecular weight is 333 g/mol. The van der Waals surface area contributed by atoms with Crippen molar-refractivity contribution in [1.82, 2.24) is 0 Å². The molecule has 0 amide bonds. The molecule has 0 heterocycles. The Balaban J connectivity index is 2.23. The first-order chi connectivity index (χ1) is 9.61. The predicted molar refractivity (Wildman–Crippen MR) is 89.9 cm³/mol. The van der Waals surface area contributed by atoms with E-state index in [9.17, 15) is 0 Å². The van der Waals surface area contributed by atoms with Crippen molar-refractivity contribution in [3.63, 3.8) is 0 Å². The van der Waals surface area contributed by atoms with Crippen LogP contribution in [0.25, 0.3) is 0 Å². The molecule has 0 aromatic heterocycles. The maximum absolute atomic E-state index is 6.22. The van der Waals surface area contributed by atoms with Crippen LogP contribution in [-0.4, -0.2) is 7.05 Å². The highest BCUT2D eigenvalue weighted by Gasteiger charge is 2.12. The molecule has 0 aliphatic rings. The summed E-state index contributed by atoms with van der Waals surface area (Å²) in [6, 6.07) is 16.9. The zero-order valence-electron chi connectivity index (χ0n) is 12.0. The van der Waals surface area contributed by atoms with E-state index in [-0.39, 0.29) is 6.04 Å². The van der Waals surface area contributed by atoms with Gasteiger partial charge in [-0.3, -0.25) is 0 Å². The highest BCUT2D eigenvalue weighted by atomic mass is 79.9. The number of rotatable bonds is 5. The van der Waals surface area contributed by atoms with E-state index < -0.39 is 0 Å². The average Bonchev–Trinajstić information content (AvgIpc) is 2.46. The molecule has 2 N–H and O–H groups in total. The summed E-state index contributed by atoms with van der Waals surface area (Å²) in [5.74, 6) is 0. The predicted octanol–water partition coefficient (Wildman–Crippen LogP) is 4.50. The van der Waals surface area contributed by atoms with Gasteiger partial charge in [0.2, 0.25) is 0 Å². The highest BCUT2D eigenvalue weighted by molar-refractivity contribution is 9.10. The molecule has 2 nitrogen and oxygen atoms in total. The van der Waals surface area contributed by atoms with Crippen molar-refractivity contribution < 1.29 is 0 Å². The minimum atomic E-state index is 0.0937. The molecule has 0 radical (unpaired) electrons. The van der Waals surface area contributed by atoms with E-state index in [1.165, 1.54) is 16.8 Å². The molecule has 2 aromatic carbocycles. The lowest BCUT2D eigenvalue weighted by molar-refractivity contribution is 0.694. The molecule has 1 atom stereocenters. The van der Waals surface area contributed by atoms with Gasteiger partial charge in [-0.15, -0.1) is 0 Å². The Hall–Kier alpha value is -1.32. The van der Waals surface area contributed by atoms with Gasteiger partial charge < -0.3 is 10.6 Å². The van der Waals surface area contributed by atoms with Crippen LogP contribution < -0.4 is 10.6 Å². The van der Waals surface area contributed by atoms with Crippen LogP contribution in [0.4, 0.5) is 5.69 Å². The Morgan fingerprint density at radius 2 is 1.90 bits per heavy atom. The molecule has 2 rings (SSSR count). The van der Waals surface area contributed by atoms with Gasteiger partial charge in [0.1, 0.15) is 0 Å². The Bertz CT molecular complexity index is 568. The third-order valence-corrected chi connectivity index (χ3v) is 3.99. The lowest BCUT2D eigenvalue weighted by Gasteiger charge is -2.25. The van der Waals surface area contributed by atoms with E-state index in [0.29, 0.717) is 0 Å². The minimum absolute atomic E-state index is 0.0937. The summed E-state index contributed by atoms with van der Waals surface area (Å²) in [5.41, 5.74) is 9.92. The smallest absolute Gasteiger partial charge is 0.0426 e. The number of halogens is 1. The number of hydrogen-bond donors (Lipinski definition) is 1. The number of anilines is 1. The number of hydrogen-bond acceptors (Lipinski definition) is 2. The molecule has 2 aromatic rings. The van der Waals surface area contributed by atoms with E-state index in [0.717, 1.165) is 17.4 Å². The van der Waals surface area contributed by atoms with E-state index >= 15 is 0 Å². The maximum atomic E-state index is 6.22. The molecule has 0 spiro atoms. The van der Waals surface area contributed by atoms with Crippen LogP contribution in [-0.2, 0) is 6.54 Å². The highest BCUT2D eigenvalue weighted by Crippen LogP contribution is 2.27. The van der Waals surface area contributed by atoms with Gasteiger partial charge in [-0.1, -0.05) is 53.2 Å². The van der Waals surface area contributed by atoms with Crippen molar-refractivity contribution in [2.75, 3.05) is 11.9 Å². The van der Waals surface area contributed by atoms with E-state index in [1.807, 2.05) is 6.07 Å². The molecule has 0 unspecified atom stereocenters. The van der Waals surface area contributed by atoms with Gasteiger partial charge in [0.25, 0.3) is 0 Å². The molecule has 0 fully saturated rings. The minimum Gasteiger partial charge on any atom is -0.370 e. The molecule has 0 saturated heterocycles. The fraction of sp³-hybridized carbons (Fsp3) is 0.294. The van der Waals surface area contributed by atoms with Crippen molar-refractivity contribution in [3.05, 3.63) is 64.1 Å². The second kappa shape index (κ2) is 6.91. The normalized spacial score (nSPS) is 12.2. The first-order valence-corrected chi connectivity index (χ1v) is 7.71. The Morgan fingerprint density at radius 1 is 1.15 bits per heavy atom. The lowest BCUT2D eigenvalue weighted by Crippen LogP contribution is -2.20. The zero-order chi connectivity index (χ0) is 14.5. The number of nitrogens with zero attached hydrogens (tertiary/aromatic N) is 1. The maximum Gasteiger partial charge on any atom is 0.0426 e. The summed E-state index contributed by atoms with van der Waals surface area (Å²) < 4.78 is 1.11. The van der Waals surface area contributed by atoms with Gasteiger partial charge in [-0.05, 0) is 35.7 Å². The third kappa shape index (κ3) is 3.62. The topological polar surface area (TPSA) is 29.3 Å². The van der Waals surface area contributed by atoms with E-state index in [1.54, 1.807) is 0 Å². The Kier molecular flexibility index (Phi) is 5.21. The largest absolute Gasteiger partial charge is 0.370 e. The van der Waals surface area contributed by atoms with Gasteiger partial charge in [0.05, 0.1) is 0 Å². The van der Waals surface area contributed by atoms with Crippen LogP contribution in [0.3, 0.4) is 0 Å². The zero-order valence-corrected chi connectivity index (χ0v) is 13.6. The van der Waals surface area contributed by atoms with Crippen molar-refractivity contribution in [2.45, 2.75) is 25.9 Å². The van der Waals surface area contributed by atoms with Crippen molar-refractivity contribution in [2.24, 2.45) is 5.73 Å². The van der Waals surface area contributed by atoms with Gasteiger partial charge in [-0.25, -0.2) is 0 Å². The van der Waals surface area contributed by atoms with Crippen LogP contribution in [0.1, 0.15) is 30.5 Å². The quantitative estimate of drug-likeness (QED) is 0.873. The fourth-order valence-electron chi connectivity index (χ4n) is 2.36. The Labute approximate surface area is 129 Å². The van der Waals surface area contributed by atoms with Gasteiger partial charge in [0, 0.05) is 29.8 Å². The molecule has 0 saturated carbocycles. The summed E-state index contributed by atoms with van der Waals surface area (Å²) in [7, 11) is 2.11. The van der Waals surface area contributed by atoms with E-state index in [4.69, 9.17) is 5.73 Å². The molecule has 0 bridgehead atoms. The number of nitrogens with two attached hydrogens (primary N) is 1.